The van der Waals surface area contributed by atoms with Crippen LogP contribution in [0, 0.1) is 5.41 Å². The first kappa shape index (κ1) is 10.7. The van der Waals surface area contributed by atoms with E-state index >= 15 is 0 Å². The second kappa shape index (κ2) is 4.55. The topological polar surface area (TPSA) is 12.0 Å². The quantitative estimate of drug-likeness (QED) is 0.615. The molecule has 0 rings (SSSR count). The van der Waals surface area contributed by atoms with Crippen LogP contribution in [-0.4, -0.2) is 12.6 Å². The van der Waals surface area contributed by atoms with Crippen LogP contribution < -0.4 is 5.32 Å². The third-order valence-electron chi connectivity index (χ3n) is 1.50. The van der Waals surface area contributed by atoms with Crippen molar-refractivity contribution in [2.45, 2.75) is 40.2 Å². The summed E-state index contributed by atoms with van der Waals surface area (Å²) in [5, 5.41) is 3.45. The maximum atomic E-state index is 3.71. The van der Waals surface area contributed by atoms with Gasteiger partial charge in [-0.15, -0.1) is 6.58 Å². The van der Waals surface area contributed by atoms with E-state index in [2.05, 4.69) is 39.6 Å². The number of nitrogens with one attached hydrogen (secondary N) is 1. The van der Waals surface area contributed by atoms with Gasteiger partial charge in [-0.1, -0.05) is 26.8 Å². The van der Waals surface area contributed by atoms with Crippen LogP contribution in [0.3, 0.4) is 0 Å². The average Bonchev–Trinajstić information content (AvgIpc) is 1.83. The molecule has 0 aliphatic heterocycles. The van der Waals surface area contributed by atoms with Gasteiger partial charge in [0.05, 0.1) is 0 Å². The SMILES string of the molecule is C=CCC(C)NCC(C)(C)C. The molecule has 0 aromatic carbocycles. The van der Waals surface area contributed by atoms with Crippen molar-refractivity contribution in [3.63, 3.8) is 0 Å². The molecule has 0 aliphatic carbocycles. The highest BCUT2D eigenvalue weighted by atomic mass is 14.9. The van der Waals surface area contributed by atoms with Crippen LogP contribution in [0.25, 0.3) is 0 Å². The van der Waals surface area contributed by atoms with Crippen molar-refractivity contribution in [2.75, 3.05) is 6.54 Å². The highest BCUT2D eigenvalue weighted by Gasteiger charge is 2.10. The van der Waals surface area contributed by atoms with Crippen LogP contribution in [0.5, 0.6) is 0 Å². The number of hydrogen-bond donors (Lipinski definition) is 1. The lowest BCUT2D eigenvalue weighted by molar-refractivity contribution is 0.357. The molecule has 0 fully saturated rings. The molecule has 0 aromatic rings. The van der Waals surface area contributed by atoms with E-state index in [1.807, 2.05) is 6.08 Å². The van der Waals surface area contributed by atoms with Crippen molar-refractivity contribution < 1.29 is 0 Å². The molecule has 0 spiro atoms. The van der Waals surface area contributed by atoms with Crippen LogP contribution in [0.4, 0.5) is 0 Å². The van der Waals surface area contributed by atoms with Crippen molar-refractivity contribution >= 4 is 0 Å². The van der Waals surface area contributed by atoms with Crippen molar-refractivity contribution in [1.82, 2.24) is 5.32 Å². The minimum Gasteiger partial charge on any atom is -0.313 e. The zero-order valence-corrected chi connectivity index (χ0v) is 8.28. The van der Waals surface area contributed by atoms with E-state index < -0.39 is 0 Å². The smallest absolute Gasteiger partial charge is 0.00733 e. The van der Waals surface area contributed by atoms with Gasteiger partial charge < -0.3 is 5.32 Å². The van der Waals surface area contributed by atoms with Crippen molar-refractivity contribution in [3.8, 4) is 0 Å². The average molecular weight is 155 g/mol. The number of rotatable bonds is 4. The first-order valence-corrected chi connectivity index (χ1v) is 4.30. The predicted molar refractivity (Wildman–Crippen MR) is 51.7 cm³/mol. The Morgan fingerprint density at radius 1 is 1.45 bits per heavy atom. The van der Waals surface area contributed by atoms with Crippen LogP contribution in [-0.2, 0) is 0 Å². The lowest BCUT2D eigenvalue weighted by atomic mass is 9.96. The molecule has 0 aliphatic rings. The number of hydrogen-bond acceptors (Lipinski definition) is 1. The first-order valence-electron chi connectivity index (χ1n) is 4.30. The summed E-state index contributed by atoms with van der Waals surface area (Å²) in [6.45, 7) is 13.7. The fraction of sp³-hybridized carbons (Fsp3) is 0.800. The molecule has 66 valence electrons. The van der Waals surface area contributed by atoms with Gasteiger partial charge >= 0.3 is 0 Å². The van der Waals surface area contributed by atoms with Gasteiger partial charge in [-0.3, -0.25) is 0 Å². The molecule has 0 radical (unpaired) electrons. The van der Waals surface area contributed by atoms with Crippen LogP contribution >= 0.6 is 0 Å². The van der Waals surface area contributed by atoms with Crippen molar-refractivity contribution in [2.24, 2.45) is 5.41 Å². The van der Waals surface area contributed by atoms with E-state index in [9.17, 15) is 0 Å². The molecule has 1 nitrogen and oxygen atoms in total. The van der Waals surface area contributed by atoms with E-state index in [4.69, 9.17) is 0 Å². The fourth-order valence-electron chi connectivity index (χ4n) is 0.814. The lowest BCUT2D eigenvalue weighted by Crippen LogP contribution is -2.33. The molecule has 0 bridgehead atoms. The molecular weight excluding hydrogens is 134 g/mol. The van der Waals surface area contributed by atoms with E-state index in [0.29, 0.717) is 11.5 Å². The summed E-state index contributed by atoms with van der Waals surface area (Å²) in [5.74, 6) is 0. The third kappa shape index (κ3) is 7.60. The maximum Gasteiger partial charge on any atom is 0.00733 e. The highest BCUT2D eigenvalue weighted by molar-refractivity contribution is 4.76. The molecule has 0 saturated heterocycles. The standard InChI is InChI=1S/C10H21N/c1-6-7-9(2)11-8-10(3,4)5/h6,9,11H,1,7-8H2,2-5H3. The molecule has 1 N–H and O–H groups in total. The van der Waals surface area contributed by atoms with Crippen LogP contribution in [0.15, 0.2) is 12.7 Å². The van der Waals surface area contributed by atoms with Gasteiger partial charge in [0.2, 0.25) is 0 Å². The summed E-state index contributed by atoms with van der Waals surface area (Å²) in [5.41, 5.74) is 0.384. The second-order valence-electron chi connectivity index (χ2n) is 4.37. The molecule has 1 heteroatoms. The Morgan fingerprint density at radius 2 is 2.00 bits per heavy atom. The summed E-state index contributed by atoms with van der Waals surface area (Å²) < 4.78 is 0. The Labute approximate surface area is 70.9 Å². The minimum atomic E-state index is 0.384. The Balaban J connectivity index is 3.45. The largest absolute Gasteiger partial charge is 0.313 e. The molecule has 0 saturated carbocycles. The summed E-state index contributed by atoms with van der Waals surface area (Å²) >= 11 is 0. The van der Waals surface area contributed by atoms with Crippen LogP contribution in [0.2, 0.25) is 0 Å². The van der Waals surface area contributed by atoms with E-state index in [0.717, 1.165) is 13.0 Å². The maximum absolute atomic E-state index is 3.71. The Bertz CT molecular complexity index is 111. The minimum absolute atomic E-state index is 0.384. The summed E-state index contributed by atoms with van der Waals surface area (Å²) in [6, 6.07) is 0.562. The van der Waals surface area contributed by atoms with Gasteiger partial charge in [0.25, 0.3) is 0 Å². The molecule has 11 heavy (non-hydrogen) atoms. The Kier molecular flexibility index (Phi) is 4.43. The third-order valence-corrected chi connectivity index (χ3v) is 1.50. The normalized spacial score (nSPS) is 14.5. The van der Waals surface area contributed by atoms with Gasteiger partial charge in [-0.05, 0) is 18.8 Å². The van der Waals surface area contributed by atoms with Crippen LogP contribution in [0.1, 0.15) is 34.1 Å². The van der Waals surface area contributed by atoms with Gasteiger partial charge in [0, 0.05) is 12.6 Å². The van der Waals surface area contributed by atoms with E-state index in [1.165, 1.54) is 0 Å². The molecule has 0 heterocycles. The fourth-order valence-corrected chi connectivity index (χ4v) is 0.814. The highest BCUT2D eigenvalue weighted by Crippen LogP contribution is 2.10. The summed E-state index contributed by atoms with van der Waals surface area (Å²) in [7, 11) is 0. The summed E-state index contributed by atoms with van der Waals surface area (Å²) in [6.07, 6.45) is 3.01. The van der Waals surface area contributed by atoms with E-state index in [1.54, 1.807) is 0 Å². The Hall–Kier alpha value is -0.300. The van der Waals surface area contributed by atoms with Gasteiger partial charge in [0.1, 0.15) is 0 Å². The Morgan fingerprint density at radius 3 is 2.36 bits per heavy atom. The molecule has 1 atom stereocenters. The van der Waals surface area contributed by atoms with E-state index in [-0.39, 0.29) is 0 Å². The lowest BCUT2D eigenvalue weighted by Gasteiger charge is -2.21. The van der Waals surface area contributed by atoms with Gasteiger partial charge in [0.15, 0.2) is 0 Å². The van der Waals surface area contributed by atoms with Crippen molar-refractivity contribution in [3.05, 3.63) is 12.7 Å². The van der Waals surface area contributed by atoms with Gasteiger partial charge in [-0.25, -0.2) is 0 Å². The molecule has 0 aromatic heterocycles. The monoisotopic (exact) mass is 155 g/mol. The van der Waals surface area contributed by atoms with Crippen molar-refractivity contribution in [1.29, 1.82) is 0 Å². The first-order chi connectivity index (χ1) is 4.95. The second-order valence-corrected chi connectivity index (χ2v) is 4.37. The summed E-state index contributed by atoms with van der Waals surface area (Å²) in [4.78, 5) is 0. The molecular formula is C10H21N. The molecule has 0 amide bonds. The molecule has 1 unspecified atom stereocenters. The zero-order chi connectivity index (χ0) is 8.91. The predicted octanol–water partition coefficient (Wildman–Crippen LogP) is 2.59. The van der Waals surface area contributed by atoms with Gasteiger partial charge in [-0.2, -0.15) is 0 Å². The zero-order valence-electron chi connectivity index (χ0n) is 8.28.